The molecule has 0 bridgehead atoms. The zero-order chi connectivity index (χ0) is 14.9. The number of hydrogen-bond acceptors (Lipinski definition) is 4. The number of carboxylic acids is 4. The lowest BCUT2D eigenvalue weighted by atomic mass is 10.3. The van der Waals surface area contributed by atoms with Gasteiger partial charge in [-0.05, 0) is 6.92 Å². The number of halogens is 1. The van der Waals surface area contributed by atoms with Gasteiger partial charge in [0.1, 0.15) is 5.03 Å². The number of rotatable bonds is 4. The van der Waals surface area contributed by atoms with E-state index < -0.39 is 28.9 Å². The fourth-order valence-corrected chi connectivity index (χ4v) is 0.510. The van der Waals surface area contributed by atoms with Gasteiger partial charge in [-0.3, -0.25) is 0 Å². The van der Waals surface area contributed by atoms with Crippen LogP contribution < -0.4 is 0 Å². The van der Waals surface area contributed by atoms with Gasteiger partial charge in [0.2, 0.25) is 0 Å². The number of carboxylic acid groups (broad SMARTS) is 4. The van der Waals surface area contributed by atoms with E-state index in [1.165, 1.54) is 6.92 Å². The van der Waals surface area contributed by atoms with E-state index in [-0.39, 0.29) is 5.57 Å². The van der Waals surface area contributed by atoms with Gasteiger partial charge in [-0.25, -0.2) is 19.2 Å². The minimum Gasteiger partial charge on any atom is -0.478 e. The highest BCUT2D eigenvalue weighted by Gasteiger charge is 2.03. The molecule has 0 atom stereocenters. The van der Waals surface area contributed by atoms with E-state index in [2.05, 4.69) is 0 Å². The third-order valence-corrected chi connectivity index (χ3v) is 1.40. The minimum atomic E-state index is -1.45. The standard InChI is InChI=1S/C5H6O4.C4H3ClO4/c1-3(5(8)9)2-4(6)7;5-2(4(8)9)1-3(6)7/h2H,1H3,(H,6,7)(H,8,9);1H,(H,6,7)(H,8,9)/b3-2-;2-1+. The highest BCUT2D eigenvalue weighted by Crippen LogP contribution is 1.98. The number of carbonyl (C=O) groups is 4. The van der Waals surface area contributed by atoms with Crippen molar-refractivity contribution in [3.8, 4) is 0 Å². The maximum atomic E-state index is 9.90. The monoisotopic (exact) mass is 280 g/mol. The molecule has 9 heteroatoms. The van der Waals surface area contributed by atoms with E-state index in [0.29, 0.717) is 12.2 Å². The van der Waals surface area contributed by atoms with Gasteiger partial charge in [0.05, 0.1) is 0 Å². The second kappa shape index (κ2) is 8.76. The SMILES string of the molecule is C/C(=C/C(=O)O)C(=O)O.O=C(O)/C=C(/Cl)C(=O)O. The van der Waals surface area contributed by atoms with Crippen LogP contribution in [0.1, 0.15) is 6.92 Å². The van der Waals surface area contributed by atoms with E-state index in [0.717, 1.165) is 0 Å². The van der Waals surface area contributed by atoms with E-state index in [1.807, 2.05) is 0 Å². The summed E-state index contributed by atoms with van der Waals surface area (Å²) in [6, 6.07) is 0. The molecule has 0 amide bonds. The Kier molecular flexibility index (Phi) is 8.78. The largest absolute Gasteiger partial charge is 0.478 e. The summed E-state index contributed by atoms with van der Waals surface area (Å²) in [7, 11) is 0. The number of aliphatic carboxylic acids is 4. The first kappa shape index (κ1) is 18.0. The third-order valence-electron chi connectivity index (χ3n) is 1.13. The van der Waals surface area contributed by atoms with Crippen molar-refractivity contribution in [2.75, 3.05) is 0 Å². The van der Waals surface area contributed by atoms with Crippen LogP contribution in [-0.4, -0.2) is 44.3 Å². The van der Waals surface area contributed by atoms with Gasteiger partial charge in [0, 0.05) is 17.7 Å². The van der Waals surface area contributed by atoms with Crippen molar-refractivity contribution in [1.82, 2.24) is 0 Å². The Labute approximate surface area is 105 Å². The maximum absolute atomic E-state index is 9.90. The van der Waals surface area contributed by atoms with Crippen LogP contribution in [0.2, 0.25) is 0 Å². The Morgan fingerprint density at radius 3 is 1.33 bits per heavy atom. The second-order valence-electron chi connectivity index (χ2n) is 2.61. The highest BCUT2D eigenvalue weighted by atomic mass is 35.5. The molecule has 0 heterocycles. The number of hydrogen-bond donors (Lipinski definition) is 4. The zero-order valence-corrected chi connectivity index (χ0v) is 9.71. The molecule has 18 heavy (non-hydrogen) atoms. The van der Waals surface area contributed by atoms with Crippen LogP contribution >= 0.6 is 11.6 Å². The van der Waals surface area contributed by atoms with Crippen LogP contribution in [0.5, 0.6) is 0 Å². The first-order chi connectivity index (χ1) is 8.07. The second-order valence-corrected chi connectivity index (χ2v) is 3.01. The molecule has 0 fully saturated rings. The highest BCUT2D eigenvalue weighted by molar-refractivity contribution is 6.42. The quantitative estimate of drug-likeness (QED) is 0.540. The van der Waals surface area contributed by atoms with Gasteiger partial charge in [0.15, 0.2) is 0 Å². The molecule has 0 saturated carbocycles. The summed E-state index contributed by atoms with van der Waals surface area (Å²) in [5, 5.41) is 31.3. The van der Waals surface area contributed by atoms with Gasteiger partial charge in [0.25, 0.3) is 0 Å². The summed E-state index contributed by atoms with van der Waals surface area (Å²) in [5.74, 6) is -5.27. The Balaban J connectivity index is 0. The van der Waals surface area contributed by atoms with Gasteiger partial charge in [-0.2, -0.15) is 0 Å². The lowest BCUT2D eigenvalue weighted by Gasteiger charge is -1.86. The maximum Gasteiger partial charge on any atom is 0.347 e. The molecule has 0 unspecified atom stereocenters. The van der Waals surface area contributed by atoms with Gasteiger partial charge < -0.3 is 20.4 Å². The average Bonchev–Trinajstić information content (AvgIpc) is 2.16. The van der Waals surface area contributed by atoms with Crippen molar-refractivity contribution >= 4 is 35.5 Å². The lowest BCUT2D eigenvalue weighted by molar-refractivity contribution is -0.135. The van der Waals surface area contributed by atoms with Crippen LogP contribution in [0.25, 0.3) is 0 Å². The normalized spacial score (nSPS) is 11.0. The fraction of sp³-hybridized carbons (Fsp3) is 0.111. The van der Waals surface area contributed by atoms with Crippen molar-refractivity contribution in [1.29, 1.82) is 0 Å². The summed E-state index contributed by atoms with van der Waals surface area (Å²) < 4.78 is 0. The first-order valence-corrected chi connectivity index (χ1v) is 4.43. The molecular formula is C9H9ClO8. The van der Waals surface area contributed by atoms with Crippen LogP contribution in [0.4, 0.5) is 0 Å². The molecule has 100 valence electrons. The van der Waals surface area contributed by atoms with Gasteiger partial charge >= 0.3 is 23.9 Å². The molecule has 0 spiro atoms. The molecule has 0 saturated heterocycles. The molecule has 0 aliphatic carbocycles. The summed E-state index contributed by atoms with van der Waals surface area (Å²) in [6.45, 7) is 1.22. The zero-order valence-electron chi connectivity index (χ0n) is 8.95. The van der Waals surface area contributed by atoms with E-state index >= 15 is 0 Å². The van der Waals surface area contributed by atoms with Crippen molar-refractivity contribution in [3.63, 3.8) is 0 Å². The molecule has 0 aromatic rings. The summed E-state index contributed by atoms with van der Waals surface area (Å²) in [5.41, 5.74) is -0.178. The molecule has 0 radical (unpaired) electrons. The Bertz CT molecular complexity index is 380. The van der Waals surface area contributed by atoms with E-state index in [4.69, 9.17) is 32.0 Å². The molecular weight excluding hydrogens is 272 g/mol. The topological polar surface area (TPSA) is 149 Å². The Morgan fingerprint density at radius 1 is 0.833 bits per heavy atom. The predicted octanol–water partition coefficient (Wildman–Crippen LogP) is 0.380. The van der Waals surface area contributed by atoms with Crippen LogP contribution in [0.15, 0.2) is 22.8 Å². The molecule has 4 N–H and O–H groups in total. The van der Waals surface area contributed by atoms with E-state index in [1.54, 1.807) is 0 Å². The van der Waals surface area contributed by atoms with E-state index in [9.17, 15) is 19.2 Å². The van der Waals surface area contributed by atoms with Crippen molar-refractivity contribution < 1.29 is 39.6 Å². The first-order valence-electron chi connectivity index (χ1n) is 4.05. The molecule has 0 aromatic heterocycles. The molecule has 0 aromatic carbocycles. The van der Waals surface area contributed by atoms with Gasteiger partial charge in [-0.1, -0.05) is 11.6 Å². The molecule has 0 rings (SSSR count). The average molecular weight is 281 g/mol. The smallest absolute Gasteiger partial charge is 0.347 e. The molecule has 8 nitrogen and oxygen atoms in total. The van der Waals surface area contributed by atoms with Crippen molar-refractivity contribution in [2.24, 2.45) is 0 Å². The third kappa shape index (κ3) is 11.7. The Hall–Kier alpha value is -2.35. The minimum absolute atomic E-state index is 0.178. The summed E-state index contributed by atoms with van der Waals surface area (Å²) in [6.07, 6.45) is 1.05. The summed E-state index contributed by atoms with van der Waals surface area (Å²) in [4.78, 5) is 39.1. The van der Waals surface area contributed by atoms with Gasteiger partial charge in [-0.15, -0.1) is 0 Å². The molecule has 0 aliphatic rings. The fourth-order valence-electron chi connectivity index (χ4n) is 0.417. The predicted molar refractivity (Wildman–Crippen MR) is 58.2 cm³/mol. The lowest BCUT2D eigenvalue weighted by Crippen LogP contribution is -1.99. The van der Waals surface area contributed by atoms with Crippen molar-refractivity contribution in [3.05, 3.63) is 22.8 Å². The van der Waals surface area contributed by atoms with Crippen molar-refractivity contribution in [2.45, 2.75) is 6.92 Å². The summed E-state index contributed by atoms with van der Waals surface area (Å²) >= 11 is 4.89. The van der Waals surface area contributed by atoms with Crippen LogP contribution in [0.3, 0.4) is 0 Å². The molecule has 0 aliphatic heterocycles. The van der Waals surface area contributed by atoms with Crippen LogP contribution in [-0.2, 0) is 19.2 Å². The van der Waals surface area contributed by atoms with Crippen LogP contribution in [0, 0.1) is 0 Å². The Morgan fingerprint density at radius 2 is 1.22 bits per heavy atom.